The van der Waals surface area contributed by atoms with E-state index in [0.717, 1.165) is 6.42 Å². The van der Waals surface area contributed by atoms with Gasteiger partial charge in [0.15, 0.2) is 5.82 Å². The van der Waals surface area contributed by atoms with Gasteiger partial charge in [-0.15, -0.1) is 0 Å². The molecule has 0 aliphatic heterocycles. The van der Waals surface area contributed by atoms with Crippen molar-refractivity contribution in [2.24, 2.45) is 0 Å². The Labute approximate surface area is 102 Å². The van der Waals surface area contributed by atoms with Crippen LogP contribution in [0.3, 0.4) is 0 Å². The average molecular weight is 251 g/mol. The summed E-state index contributed by atoms with van der Waals surface area (Å²) in [6.45, 7) is 0.712. The van der Waals surface area contributed by atoms with Crippen LogP contribution < -0.4 is 15.6 Å². The number of hydrogen-bond donors (Lipinski definition) is 2. The molecule has 0 saturated heterocycles. The van der Waals surface area contributed by atoms with Gasteiger partial charge in [-0.05, 0) is 28.8 Å². The molecule has 2 N–H and O–H groups in total. The minimum atomic E-state index is -0.277. The van der Waals surface area contributed by atoms with E-state index in [4.69, 9.17) is 4.74 Å². The number of aromatic amines is 1. The first kappa shape index (κ1) is 11.7. The molecular formula is C11H13N3O2S. The Balaban J connectivity index is 1.99. The maximum Gasteiger partial charge on any atom is 0.295 e. The summed E-state index contributed by atoms with van der Waals surface area (Å²) in [5.41, 5.74) is 0.992. The summed E-state index contributed by atoms with van der Waals surface area (Å²) < 4.78 is 5.00. The van der Waals surface area contributed by atoms with Crippen molar-refractivity contribution in [2.75, 3.05) is 19.0 Å². The van der Waals surface area contributed by atoms with E-state index in [1.807, 2.05) is 5.38 Å². The topological polar surface area (TPSA) is 67.0 Å². The molecule has 6 heteroatoms. The van der Waals surface area contributed by atoms with E-state index in [0.29, 0.717) is 12.4 Å². The van der Waals surface area contributed by atoms with Crippen molar-refractivity contribution in [3.63, 3.8) is 0 Å². The summed E-state index contributed by atoms with van der Waals surface area (Å²) in [5.74, 6) is 0.698. The van der Waals surface area contributed by atoms with Gasteiger partial charge in [-0.25, -0.2) is 4.98 Å². The molecule has 0 aliphatic carbocycles. The highest BCUT2D eigenvalue weighted by molar-refractivity contribution is 7.07. The predicted molar refractivity (Wildman–Crippen MR) is 67.9 cm³/mol. The maximum absolute atomic E-state index is 11.4. The van der Waals surface area contributed by atoms with Gasteiger partial charge in [0, 0.05) is 6.54 Å². The smallest absolute Gasteiger partial charge is 0.295 e. The van der Waals surface area contributed by atoms with Crippen molar-refractivity contribution in [3.05, 3.63) is 39.1 Å². The number of ether oxygens (including phenoxy) is 1. The summed E-state index contributed by atoms with van der Waals surface area (Å²) in [7, 11) is 1.45. The lowest BCUT2D eigenvalue weighted by Crippen LogP contribution is -2.15. The van der Waals surface area contributed by atoms with Gasteiger partial charge in [0.2, 0.25) is 5.75 Å². The van der Waals surface area contributed by atoms with Crippen LogP contribution in [0.25, 0.3) is 0 Å². The third-order valence-corrected chi connectivity index (χ3v) is 3.03. The SMILES string of the molecule is COc1c(NCCc2ccsc2)nc[nH]c1=O. The summed E-state index contributed by atoms with van der Waals surface area (Å²) >= 11 is 1.67. The normalized spacial score (nSPS) is 10.2. The standard InChI is InChI=1S/C11H13N3O2S/c1-16-9-10(13-7-14-11(9)15)12-4-2-8-3-5-17-6-8/h3,5-7H,2,4H2,1H3,(H2,12,13,14,15). The Bertz CT molecular complexity index is 522. The van der Waals surface area contributed by atoms with Crippen molar-refractivity contribution < 1.29 is 4.74 Å². The second-order valence-electron chi connectivity index (χ2n) is 3.42. The van der Waals surface area contributed by atoms with E-state index in [1.54, 1.807) is 11.3 Å². The number of H-pyrrole nitrogens is 1. The lowest BCUT2D eigenvalue weighted by molar-refractivity contribution is 0.408. The number of anilines is 1. The van der Waals surface area contributed by atoms with Gasteiger partial charge in [0.25, 0.3) is 5.56 Å². The highest BCUT2D eigenvalue weighted by Gasteiger charge is 2.07. The van der Waals surface area contributed by atoms with E-state index < -0.39 is 0 Å². The van der Waals surface area contributed by atoms with Crippen LogP contribution in [0.1, 0.15) is 5.56 Å². The Kier molecular flexibility index (Phi) is 3.77. The minimum absolute atomic E-state index is 0.220. The second-order valence-corrected chi connectivity index (χ2v) is 4.20. The van der Waals surface area contributed by atoms with Crippen molar-refractivity contribution in [1.29, 1.82) is 0 Å². The lowest BCUT2D eigenvalue weighted by atomic mass is 10.2. The maximum atomic E-state index is 11.4. The van der Waals surface area contributed by atoms with Crippen LogP contribution in [0.5, 0.6) is 5.75 Å². The summed E-state index contributed by atoms with van der Waals surface area (Å²) in [5, 5.41) is 7.24. The van der Waals surface area contributed by atoms with E-state index in [-0.39, 0.29) is 11.3 Å². The van der Waals surface area contributed by atoms with Crippen LogP contribution in [0.4, 0.5) is 5.82 Å². The van der Waals surface area contributed by atoms with Gasteiger partial charge in [-0.1, -0.05) is 0 Å². The molecular weight excluding hydrogens is 238 g/mol. The van der Waals surface area contributed by atoms with Crippen LogP contribution in [-0.4, -0.2) is 23.6 Å². The number of nitrogens with one attached hydrogen (secondary N) is 2. The molecule has 0 radical (unpaired) electrons. The molecule has 0 unspecified atom stereocenters. The molecule has 2 aromatic rings. The van der Waals surface area contributed by atoms with E-state index in [1.165, 1.54) is 19.0 Å². The molecule has 0 atom stereocenters. The Morgan fingerprint density at radius 3 is 3.18 bits per heavy atom. The van der Waals surface area contributed by atoms with Crippen molar-refractivity contribution in [2.45, 2.75) is 6.42 Å². The number of thiophene rings is 1. The van der Waals surface area contributed by atoms with Gasteiger partial charge in [0.05, 0.1) is 13.4 Å². The fourth-order valence-corrected chi connectivity index (χ4v) is 2.17. The molecule has 17 heavy (non-hydrogen) atoms. The molecule has 0 amide bonds. The molecule has 2 rings (SSSR count). The number of methoxy groups -OCH3 is 1. The van der Waals surface area contributed by atoms with Gasteiger partial charge in [-0.2, -0.15) is 11.3 Å². The minimum Gasteiger partial charge on any atom is -0.489 e. The van der Waals surface area contributed by atoms with Crippen LogP contribution >= 0.6 is 11.3 Å². The van der Waals surface area contributed by atoms with Gasteiger partial charge >= 0.3 is 0 Å². The van der Waals surface area contributed by atoms with Gasteiger partial charge in [-0.3, -0.25) is 4.79 Å². The third kappa shape index (κ3) is 2.85. The molecule has 0 saturated carbocycles. The highest BCUT2D eigenvalue weighted by Crippen LogP contribution is 2.14. The lowest BCUT2D eigenvalue weighted by Gasteiger charge is -2.07. The predicted octanol–water partition coefficient (Wildman–Crippen LogP) is 1.49. The number of hydrogen-bond acceptors (Lipinski definition) is 5. The summed E-state index contributed by atoms with van der Waals surface area (Å²) in [6.07, 6.45) is 2.25. The third-order valence-electron chi connectivity index (χ3n) is 2.30. The summed E-state index contributed by atoms with van der Waals surface area (Å²) in [6, 6.07) is 2.08. The Hall–Kier alpha value is -1.82. The molecule has 0 spiro atoms. The van der Waals surface area contributed by atoms with Crippen LogP contribution in [-0.2, 0) is 6.42 Å². The molecule has 2 aromatic heterocycles. The molecule has 0 aromatic carbocycles. The fourth-order valence-electron chi connectivity index (χ4n) is 1.46. The quantitative estimate of drug-likeness (QED) is 0.845. The fraction of sp³-hybridized carbons (Fsp3) is 0.273. The van der Waals surface area contributed by atoms with Gasteiger partial charge < -0.3 is 15.0 Å². The van der Waals surface area contributed by atoms with Crippen LogP contribution in [0, 0.1) is 0 Å². The zero-order valence-corrected chi connectivity index (χ0v) is 10.2. The molecule has 90 valence electrons. The van der Waals surface area contributed by atoms with E-state index in [9.17, 15) is 4.79 Å². The largest absolute Gasteiger partial charge is 0.489 e. The zero-order valence-electron chi connectivity index (χ0n) is 9.40. The molecule has 0 fully saturated rings. The first-order chi connectivity index (χ1) is 8.31. The van der Waals surface area contributed by atoms with Crippen molar-refractivity contribution in [3.8, 4) is 5.75 Å². The molecule has 0 aliphatic rings. The number of rotatable bonds is 5. The molecule has 0 bridgehead atoms. The first-order valence-corrected chi connectivity index (χ1v) is 6.12. The van der Waals surface area contributed by atoms with E-state index in [2.05, 4.69) is 26.7 Å². The Morgan fingerprint density at radius 1 is 1.59 bits per heavy atom. The van der Waals surface area contributed by atoms with Crippen LogP contribution in [0.2, 0.25) is 0 Å². The van der Waals surface area contributed by atoms with Crippen LogP contribution in [0.15, 0.2) is 27.9 Å². The monoisotopic (exact) mass is 251 g/mol. The highest BCUT2D eigenvalue weighted by atomic mass is 32.1. The second kappa shape index (κ2) is 5.49. The van der Waals surface area contributed by atoms with Crippen molar-refractivity contribution in [1.82, 2.24) is 9.97 Å². The average Bonchev–Trinajstić information content (AvgIpc) is 2.82. The molecule has 2 heterocycles. The zero-order chi connectivity index (χ0) is 12.1. The first-order valence-electron chi connectivity index (χ1n) is 5.18. The Morgan fingerprint density at radius 2 is 2.47 bits per heavy atom. The molecule has 5 nitrogen and oxygen atoms in total. The van der Waals surface area contributed by atoms with Gasteiger partial charge in [0.1, 0.15) is 0 Å². The number of aromatic nitrogens is 2. The van der Waals surface area contributed by atoms with E-state index >= 15 is 0 Å². The number of nitrogens with zero attached hydrogens (tertiary/aromatic N) is 1. The van der Waals surface area contributed by atoms with Crippen molar-refractivity contribution >= 4 is 17.2 Å². The summed E-state index contributed by atoms with van der Waals surface area (Å²) in [4.78, 5) is 17.9.